The highest BCUT2D eigenvalue weighted by molar-refractivity contribution is 8.00. The van der Waals surface area contributed by atoms with Crippen molar-refractivity contribution in [1.29, 1.82) is 0 Å². The molecule has 3 rings (SSSR count). The predicted molar refractivity (Wildman–Crippen MR) is 104 cm³/mol. The number of rotatable bonds is 7. The molecule has 0 radical (unpaired) electrons. The Morgan fingerprint density at radius 2 is 2.04 bits per heavy atom. The number of carboxylic acids is 1. The van der Waals surface area contributed by atoms with E-state index in [1.807, 2.05) is 41.8 Å². The molecular weight excluding hydrogens is 370 g/mol. The number of hydrogen-bond donors (Lipinski definition) is 1. The van der Waals surface area contributed by atoms with E-state index in [2.05, 4.69) is 0 Å². The van der Waals surface area contributed by atoms with E-state index in [9.17, 15) is 9.59 Å². The fraction of sp³-hybridized carbons (Fsp3) is 0.263. The van der Waals surface area contributed by atoms with E-state index in [1.54, 1.807) is 37.1 Å². The van der Waals surface area contributed by atoms with E-state index in [-0.39, 0.29) is 18.2 Å². The van der Waals surface area contributed by atoms with Gasteiger partial charge in [-0.1, -0.05) is 31.2 Å². The Labute approximate surface area is 159 Å². The second kappa shape index (κ2) is 7.97. The topological polar surface area (TPSA) is 70.8 Å². The van der Waals surface area contributed by atoms with Crippen LogP contribution < -0.4 is 0 Å². The Morgan fingerprint density at radius 3 is 2.73 bits per heavy atom. The van der Waals surface area contributed by atoms with Crippen molar-refractivity contribution in [2.24, 2.45) is 5.92 Å². The minimum Gasteiger partial charge on any atom is -0.481 e. The Balaban J connectivity index is 1.89. The van der Waals surface area contributed by atoms with E-state index in [1.165, 1.54) is 9.11 Å². The maximum absolute atomic E-state index is 12.9. The van der Waals surface area contributed by atoms with Crippen LogP contribution in [0.4, 0.5) is 0 Å². The number of para-hydroxylation sites is 1. The zero-order valence-electron chi connectivity index (χ0n) is 14.5. The molecule has 0 aliphatic heterocycles. The molecule has 5 nitrogen and oxygen atoms in total. The maximum atomic E-state index is 12.9. The molecule has 1 unspecified atom stereocenters. The van der Waals surface area contributed by atoms with Gasteiger partial charge in [0.15, 0.2) is 5.76 Å². The van der Waals surface area contributed by atoms with Gasteiger partial charge >= 0.3 is 5.97 Å². The van der Waals surface area contributed by atoms with E-state index in [0.29, 0.717) is 11.3 Å². The number of amides is 1. The number of carbonyl (C=O) groups excluding carboxylic acids is 1. The van der Waals surface area contributed by atoms with Crippen molar-refractivity contribution in [3.63, 3.8) is 0 Å². The summed E-state index contributed by atoms with van der Waals surface area (Å²) in [6.07, 6.45) is 0. The first-order valence-electron chi connectivity index (χ1n) is 8.12. The summed E-state index contributed by atoms with van der Waals surface area (Å²) in [4.78, 5) is 25.4. The van der Waals surface area contributed by atoms with E-state index in [0.717, 1.165) is 10.9 Å². The molecule has 1 amide bonds. The van der Waals surface area contributed by atoms with Crippen LogP contribution in [0, 0.1) is 5.92 Å². The van der Waals surface area contributed by atoms with Gasteiger partial charge in [-0.25, -0.2) is 0 Å². The Morgan fingerprint density at radius 1 is 1.27 bits per heavy atom. The average Bonchev–Trinajstić information content (AvgIpc) is 3.26. The molecule has 26 heavy (non-hydrogen) atoms. The summed E-state index contributed by atoms with van der Waals surface area (Å²) < 4.78 is 7.01. The summed E-state index contributed by atoms with van der Waals surface area (Å²) in [6, 6.07) is 11.6. The van der Waals surface area contributed by atoms with Crippen LogP contribution in [0.25, 0.3) is 11.0 Å². The second-order valence-corrected chi connectivity index (χ2v) is 8.27. The molecule has 136 valence electrons. The van der Waals surface area contributed by atoms with E-state index < -0.39 is 11.9 Å². The monoisotopic (exact) mass is 389 g/mol. The quantitative estimate of drug-likeness (QED) is 0.599. The molecule has 2 aromatic heterocycles. The zero-order valence-corrected chi connectivity index (χ0v) is 16.1. The summed E-state index contributed by atoms with van der Waals surface area (Å²) in [5, 5.41) is 12.0. The van der Waals surface area contributed by atoms with Gasteiger partial charge < -0.3 is 14.4 Å². The molecule has 0 saturated heterocycles. The second-order valence-electron chi connectivity index (χ2n) is 6.05. The maximum Gasteiger partial charge on any atom is 0.308 e. The van der Waals surface area contributed by atoms with Crippen molar-refractivity contribution in [3.05, 3.63) is 53.1 Å². The van der Waals surface area contributed by atoms with Crippen LogP contribution in [-0.2, 0) is 10.5 Å². The molecule has 3 aromatic rings. The highest BCUT2D eigenvalue weighted by Gasteiger charge is 2.25. The third-order valence-electron chi connectivity index (χ3n) is 4.06. The third kappa shape index (κ3) is 3.94. The van der Waals surface area contributed by atoms with Crippen molar-refractivity contribution in [3.8, 4) is 0 Å². The van der Waals surface area contributed by atoms with Gasteiger partial charge in [-0.3, -0.25) is 9.59 Å². The summed E-state index contributed by atoms with van der Waals surface area (Å²) in [5.74, 6) is -0.965. The molecule has 0 spiro atoms. The highest BCUT2D eigenvalue weighted by atomic mass is 32.2. The molecule has 0 aliphatic carbocycles. The molecule has 2 heterocycles. The normalized spacial score (nSPS) is 12.2. The largest absolute Gasteiger partial charge is 0.481 e. The molecule has 0 fully saturated rings. The Hall–Kier alpha value is -2.25. The molecule has 1 atom stereocenters. The Bertz CT molecular complexity index is 917. The van der Waals surface area contributed by atoms with Crippen molar-refractivity contribution >= 4 is 45.9 Å². The van der Waals surface area contributed by atoms with Gasteiger partial charge in [0.2, 0.25) is 0 Å². The van der Waals surface area contributed by atoms with Gasteiger partial charge in [0.25, 0.3) is 5.91 Å². The summed E-state index contributed by atoms with van der Waals surface area (Å²) in [6.45, 7) is 1.71. The van der Waals surface area contributed by atoms with Gasteiger partial charge in [0, 0.05) is 30.3 Å². The number of thiophene rings is 1. The fourth-order valence-electron chi connectivity index (χ4n) is 2.65. The predicted octanol–water partition coefficient (Wildman–Crippen LogP) is 4.58. The van der Waals surface area contributed by atoms with Gasteiger partial charge in [-0.2, -0.15) is 0 Å². The van der Waals surface area contributed by atoms with Gasteiger partial charge in [-0.05, 0) is 17.5 Å². The molecule has 7 heteroatoms. The number of nitrogens with zero attached hydrogens (tertiary/aromatic N) is 1. The summed E-state index contributed by atoms with van der Waals surface area (Å²) in [7, 11) is 1.60. The molecule has 0 aliphatic rings. The number of thioether (sulfide) groups is 1. The average molecular weight is 389 g/mol. The molecule has 0 saturated carbocycles. The first-order chi connectivity index (χ1) is 12.5. The van der Waals surface area contributed by atoms with E-state index >= 15 is 0 Å². The van der Waals surface area contributed by atoms with Crippen LogP contribution in [0.15, 0.2) is 50.4 Å². The minimum absolute atomic E-state index is 0.128. The van der Waals surface area contributed by atoms with Crippen molar-refractivity contribution in [2.45, 2.75) is 16.9 Å². The number of hydrogen-bond acceptors (Lipinski definition) is 5. The van der Waals surface area contributed by atoms with Crippen LogP contribution >= 0.6 is 23.1 Å². The number of aliphatic carboxylic acids is 1. The fourth-order valence-corrected chi connectivity index (χ4v) is 4.46. The third-order valence-corrected chi connectivity index (χ3v) is 6.22. The molecule has 0 bridgehead atoms. The highest BCUT2D eigenvalue weighted by Crippen LogP contribution is 2.34. The number of carboxylic acid groups (broad SMARTS) is 1. The van der Waals surface area contributed by atoms with Crippen LogP contribution in [0.2, 0.25) is 0 Å². The first kappa shape index (κ1) is 18.5. The van der Waals surface area contributed by atoms with Crippen LogP contribution in [0.5, 0.6) is 0 Å². The number of carbonyl (C=O) groups is 2. The number of fused-ring (bicyclic) bond motifs is 1. The Kier molecular flexibility index (Phi) is 5.68. The standard InChI is InChI=1S/C19H19NO4S2/c1-12(19(22)23)10-20(2)18(21)17-14(11-26-16-8-5-9-25-16)13-6-3-4-7-15(13)24-17/h3-9,12H,10-11H2,1-2H3,(H,22,23). The van der Waals surface area contributed by atoms with Crippen molar-refractivity contribution < 1.29 is 19.1 Å². The van der Waals surface area contributed by atoms with Gasteiger partial charge in [0.1, 0.15) is 5.58 Å². The van der Waals surface area contributed by atoms with Crippen LogP contribution in [-0.4, -0.2) is 35.5 Å². The van der Waals surface area contributed by atoms with E-state index in [4.69, 9.17) is 9.52 Å². The van der Waals surface area contributed by atoms with Crippen LogP contribution in [0.3, 0.4) is 0 Å². The number of benzene rings is 1. The van der Waals surface area contributed by atoms with Gasteiger partial charge in [0.05, 0.1) is 10.1 Å². The summed E-state index contributed by atoms with van der Waals surface area (Å²) in [5.41, 5.74) is 1.51. The molecule has 1 aromatic carbocycles. The lowest BCUT2D eigenvalue weighted by atomic mass is 10.1. The minimum atomic E-state index is -0.928. The van der Waals surface area contributed by atoms with Crippen LogP contribution in [0.1, 0.15) is 23.0 Å². The lowest BCUT2D eigenvalue weighted by Gasteiger charge is -2.18. The summed E-state index contributed by atoms with van der Waals surface area (Å²) >= 11 is 3.31. The van der Waals surface area contributed by atoms with Gasteiger partial charge in [-0.15, -0.1) is 23.1 Å². The van der Waals surface area contributed by atoms with Crippen molar-refractivity contribution in [1.82, 2.24) is 4.90 Å². The number of furan rings is 1. The lowest BCUT2D eigenvalue weighted by molar-refractivity contribution is -0.141. The first-order valence-corrected chi connectivity index (χ1v) is 9.99. The smallest absolute Gasteiger partial charge is 0.308 e. The SMILES string of the molecule is CC(CN(C)C(=O)c1oc2ccccc2c1CSc1cccs1)C(=O)O. The zero-order chi connectivity index (χ0) is 18.7. The molecule has 1 N–H and O–H groups in total. The lowest BCUT2D eigenvalue weighted by Crippen LogP contribution is -2.33. The molecular formula is C19H19NO4S2. The van der Waals surface area contributed by atoms with Crippen molar-refractivity contribution in [2.75, 3.05) is 13.6 Å².